The molecule has 0 aliphatic carbocycles. The van der Waals surface area contributed by atoms with Crippen LogP contribution >= 0.6 is 0 Å². The molecule has 0 saturated carbocycles. The van der Waals surface area contributed by atoms with Gasteiger partial charge in [-0.3, -0.25) is 4.79 Å². The first-order chi connectivity index (χ1) is 7.15. The predicted molar refractivity (Wildman–Crippen MR) is 62.8 cm³/mol. The molecule has 3 nitrogen and oxygen atoms in total. The molecule has 3 heteroatoms. The molecule has 1 N–H and O–H groups in total. The third kappa shape index (κ3) is 3.82. The van der Waals surface area contributed by atoms with E-state index >= 15 is 0 Å². The fourth-order valence-electron chi connectivity index (χ4n) is 2.14. The lowest BCUT2D eigenvalue weighted by molar-refractivity contribution is -0.132. The Bertz CT molecular complexity index is 200. The summed E-state index contributed by atoms with van der Waals surface area (Å²) in [5.74, 6) is 0.287. The number of carbonyl (C=O) groups excluding carboxylic acids is 1. The Hall–Kier alpha value is -0.570. The van der Waals surface area contributed by atoms with Gasteiger partial charge in [-0.25, -0.2) is 0 Å². The molecular formula is C12H24N2O. The third-order valence-electron chi connectivity index (χ3n) is 3.34. The van der Waals surface area contributed by atoms with Crippen molar-refractivity contribution in [2.75, 3.05) is 13.6 Å². The number of nitrogens with zero attached hydrogens (tertiary/aromatic N) is 1. The number of nitrogens with one attached hydrogen (secondary N) is 1. The van der Waals surface area contributed by atoms with Crippen molar-refractivity contribution in [3.8, 4) is 0 Å². The molecule has 1 rings (SSSR count). The Morgan fingerprint density at radius 2 is 2.33 bits per heavy atom. The number of hydrogen-bond acceptors (Lipinski definition) is 2. The molecule has 0 aromatic heterocycles. The zero-order chi connectivity index (χ0) is 11.3. The van der Waals surface area contributed by atoms with E-state index in [-0.39, 0.29) is 5.91 Å². The van der Waals surface area contributed by atoms with Crippen LogP contribution in [0, 0.1) is 0 Å². The van der Waals surface area contributed by atoms with Crippen LogP contribution in [0.1, 0.15) is 46.0 Å². The zero-order valence-electron chi connectivity index (χ0n) is 10.3. The van der Waals surface area contributed by atoms with Gasteiger partial charge in [-0.1, -0.05) is 13.3 Å². The molecule has 88 valence electrons. The van der Waals surface area contributed by atoms with Crippen molar-refractivity contribution in [2.24, 2.45) is 0 Å². The lowest BCUT2D eigenvalue weighted by Gasteiger charge is -2.26. The van der Waals surface area contributed by atoms with E-state index in [1.54, 1.807) is 0 Å². The minimum Gasteiger partial charge on any atom is -0.343 e. The van der Waals surface area contributed by atoms with Gasteiger partial charge >= 0.3 is 0 Å². The normalized spacial score (nSPS) is 22.7. The van der Waals surface area contributed by atoms with Crippen LogP contribution in [0.25, 0.3) is 0 Å². The summed E-state index contributed by atoms with van der Waals surface area (Å²) in [5.41, 5.74) is 0. The quantitative estimate of drug-likeness (QED) is 0.753. The summed E-state index contributed by atoms with van der Waals surface area (Å²) in [6, 6.07) is 0.803. The summed E-state index contributed by atoms with van der Waals surface area (Å²) in [7, 11) is 1.93. The summed E-state index contributed by atoms with van der Waals surface area (Å²) >= 11 is 0. The van der Waals surface area contributed by atoms with E-state index in [1.807, 2.05) is 11.9 Å². The highest BCUT2D eigenvalue weighted by Crippen LogP contribution is 2.12. The van der Waals surface area contributed by atoms with E-state index in [4.69, 9.17) is 0 Å². The van der Waals surface area contributed by atoms with Gasteiger partial charge < -0.3 is 10.2 Å². The van der Waals surface area contributed by atoms with Gasteiger partial charge in [-0.05, 0) is 32.7 Å². The van der Waals surface area contributed by atoms with Gasteiger partial charge in [0, 0.05) is 25.6 Å². The number of amides is 1. The summed E-state index contributed by atoms with van der Waals surface area (Å²) < 4.78 is 0. The van der Waals surface area contributed by atoms with Crippen molar-refractivity contribution in [2.45, 2.75) is 58.0 Å². The maximum Gasteiger partial charge on any atom is 0.224 e. The fourth-order valence-corrected chi connectivity index (χ4v) is 2.14. The van der Waals surface area contributed by atoms with E-state index in [0.717, 1.165) is 25.8 Å². The lowest BCUT2D eigenvalue weighted by atomic mass is 10.1. The smallest absolute Gasteiger partial charge is 0.224 e. The predicted octanol–water partition coefficient (Wildman–Crippen LogP) is 1.78. The molecule has 1 saturated heterocycles. The number of hydrogen-bond donors (Lipinski definition) is 1. The Balaban J connectivity index is 2.31. The SMILES string of the molecule is CCCC(C)N(C)C(=O)CC1CCCN1. The molecule has 0 radical (unpaired) electrons. The van der Waals surface area contributed by atoms with Gasteiger partial charge in [0.15, 0.2) is 0 Å². The molecule has 1 amide bonds. The molecule has 15 heavy (non-hydrogen) atoms. The lowest BCUT2D eigenvalue weighted by Crippen LogP contribution is -2.38. The van der Waals surface area contributed by atoms with E-state index in [0.29, 0.717) is 18.5 Å². The Morgan fingerprint density at radius 1 is 1.60 bits per heavy atom. The Kier molecular flexibility index (Phi) is 5.09. The molecular weight excluding hydrogens is 188 g/mol. The van der Waals surface area contributed by atoms with Crippen LogP contribution in [0.2, 0.25) is 0 Å². The fraction of sp³-hybridized carbons (Fsp3) is 0.917. The average molecular weight is 212 g/mol. The second kappa shape index (κ2) is 6.11. The first kappa shape index (κ1) is 12.5. The van der Waals surface area contributed by atoms with E-state index < -0.39 is 0 Å². The van der Waals surface area contributed by atoms with Gasteiger partial charge in [0.05, 0.1) is 0 Å². The average Bonchev–Trinajstić information content (AvgIpc) is 2.69. The number of rotatable bonds is 5. The van der Waals surface area contributed by atoms with Crippen LogP contribution in [0.4, 0.5) is 0 Å². The monoisotopic (exact) mass is 212 g/mol. The summed E-state index contributed by atoms with van der Waals surface area (Å²) in [4.78, 5) is 13.8. The summed E-state index contributed by atoms with van der Waals surface area (Å²) in [6.07, 6.45) is 5.28. The molecule has 0 aromatic carbocycles. The molecule has 2 atom stereocenters. The van der Waals surface area contributed by atoms with Crippen LogP contribution in [-0.2, 0) is 4.79 Å². The van der Waals surface area contributed by atoms with Crippen LogP contribution in [0.15, 0.2) is 0 Å². The minimum atomic E-state index is 0.287. The molecule has 0 aromatic rings. The largest absolute Gasteiger partial charge is 0.343 e. The van der Waals surface area contributed by atoms with Crippen molar-refractivity contribution < 1.29 is 4.79 Å². The maximum absolute atomic E-state index is 11.9. The molecule has 1 heterocycles. The first-order valence-electron chi connectivity index (χ1n) is 6.14. The number of carbonyl (C=O) groups is 1. The second-order valence-corrected chi connectivity index (χ2v) is 4.64. The van der Waals surface area contributed by atoms with E-state index in [2.05, 4.69) is 19.2 Å². The molecule has 2 unspecified atom stereocenters. The van der Waals surface area contributed by atoms with E-state index in [9.17, 15) is 4.79 Å². The second-order valence-electron chi connectivity index (χ2n) is 4.64. The first-order valence-corrected chi connectivity index (χ1v) is 6.14. The van der Waals surface area contributed by atoms with Crippen LogP contribution in [0.5, 0.6) is 0 Å². The maximum atomic E-state index is 11.9. The van der Waals surface area contributed by atoms with Crippen molar-refractivity contribution in [1.29, 1.82) is 0 Å². The van der Waals surface area contributed by atoms with Crippen LogP contribution in [-0.4, -0.2) is 36.5 Å². The van der Waals surface area contributed by atoms with Crippen molar-refractivity contribution >= 4 is 5.91 Å². The van der Waals surface area contributed by atoms with Crippen molar-refractivity contribution in [1.82, 2.24) is 10.2 Å². The van der Waals surface area contributed by atoms with Gasteiger partial charge in [-0.2, -0.15) is 0 Å². The summed E-state index contributed by atoms with van der Waals surface area (Å²) in [5, 5.41) is 3.37. The Labute approximate surface area is 93.2 Å². The topological polar surface area (TPSA) is 32.3 Å². The highest BCUT2D eigenvalue weighted by atomic mass is 16.2. The van der Waals surface area contributed by atoms with Crippen molar-refractivity contribution in [3.63, 3.8) is 0 Å². The molecule has 0 bridgehead atoms. The van der Waals surface area contributed by atoms with Gasteiger partial charge in [-0.15, -0.1) is 0 Å². The zero-order valence-corrected chi connectivity index (χ0v) is 10.3. The minimum absolute atomic E-state index is 0.287. The van der Waals surface area contributed by atoms with Crippen LogP contribution < -0.4 is 5.32 Å². The van der Waals surface area contributed by atoms with Gasteiger partial charge in [0.2, 0.25) is 5.91 Å². The van der Waals surface area contributed by atoms with Gasteiger partial charge in [0.25, 0.3) is 0 Å². The third-order valence-corrected chi connectivity index (χ3v) is 3.34. The van der Waals surface area contributed by atoms with Crippen molar-refractivity contribution in [3.05, 3.63) is 0 Å². The summed E-state index contributed by atoms with van der Waals surface area (Å²) in [6.45, 7) is 5.36. The van der Waals surface area contributed by atoms with Crippen LogP contribution in [0.3, 0.4) is 0 Å². The standard InChI is InChI=1S/C12H24N2O/c1-4-6-10(2)14(3)12(15)9-11-7-5-8-13-11/h10-11,13H,4-9H2,1-3H3. The molecule has 1 fully saturated rings. The van der Waals surface area contributed by atoms with E-state index in [1.165, 1.54) is 6.42 Å². The van der Waals surface area contributed by atoms with Gasteiger partial charge in [0.1, 0.15) is 0 Å². The highest BCUT2D eigenvalue weighted by molar-refractivity contribution is 5.76. The molecule has 1 aliphatic heterocycles. The molecule has 1 aliphatic rings. The highest BCUT2D eigenvalue weighted by Gasteiger charge is 2.21. The molecule has 0 spiro atoms. The Morgan fingerprint density at radius 3 is 2.87 bits per heavy atom.